The molecule has 0 aromatic heterocycles. The highest BCUT2D eigenvalue weighted by atomic mass is 16.5. The first kappa shape index (κ1) is 18.4. The Balaban J connectivity index is 3.01. The third-order valence-electron chi connectivity index (χ3n) is 3.92. The fraction of sp³-hybridized carbons (Fsp3) is 0.786. The molecule has 1 amide bonds. The standard InChI is InChI=1S/C14H23NO7/c1-7(17)15-12(11(19)5-6-16)9-3-4-10(14(20)21)13(9)22-8(2)18/h9-13,16,19H,3-6H2,1-2H3,(H,15,17)(H,20,21)/t9-,10+,11+,12+,13+/m1/s1. The summed E-state index contributed by atoms with van der Waals surface area (Å²) in [6.45, 7) is 2.19. The Morgan fingerprint density at radius 2 is 1.91 bits per heavy atom. The number of amides is 1. The van der Waals surface area contributed by atoms with Gasteiger partial charge in [0.15, 0.2) is 0 Å². The Kier molecular flexibility index (Phi) is 6.76. The van der Waals surface area contributed by atoms with Gasteiger partial charge in [-0.2, -0.15) is 0 Å². The molecule has 0 saturated heterocycles. The molecule has 0 aromatic rings. The Morgan fingerprint density at radius 1 is 1.27 bits per heavy atom. The third-order valence-corrected chi connectivity index (χ3v) is 3.92. The van der Waals surface area contributed by atoms with Crippen LogP contribution in [-0.2, 0) is 19.1 Å². The van der Waals surface area contributed by atoms with E-state index < -0.39 is 42.0 Å². The van der Waals surface area contributed by atoms with Crippen molar-refractivity contribution >= 4 is 17.8 Å². The number of hydrogen-bond acceptors (Lipinski definition) is 6. The zero-order chi connectivity index (χ0) is 16.9. The van der Waals surface area contributed by atoms with E-state index in [0.29, 0.717) is 12.8 Å². The fourth-order valence-corrected chi connectivity index (χ4v) is 3.04. The van der Waals surface area contributed by atoms with Crippen LogP contribution in [-0.4, -0.2) is 58.0 Å². The molecule has 1 aliphatic rings. The van der Waals surface area contributed by atoms with Crippen LogP contribution >= 0.6 is 0 Å². The second-order valence-corrected chi connectivity index (χ2v) is 5.57. The summed E-state index contributed by atoms with van der Waals surface area (Å²) in [7, 11) is 0. The number of carbonyl (C=O) groups excluding carboxylic acids is 2. The average molecular weight is 317 g/mol. The maximum atomic E-state index is 11.4. The molecule has 1 fully saturated rings. The molecule has 0 heterocycles. The minimum atomic E-state index is -1.08. The third kappa shape index (κ3) is 4.67. The van der Waals surface area contributed by atoms with Crippen LogP contribution in [0, 0.1) is 11.8 Å². The van der Waals surface area contributed by atoms with Crippen molar-refractivity contribution in [2.45, 2.75) is 51.4 Å². The second-order valence-electron chi connectivity index (χ2n) is 5.57. The lowest BCUT2D eigenvalue weighted by Crippen LogP contribution is -2.51. The van der Waals surface area contributed by atoms with E-state index in [2.05, 4.69) is 5.32 Å². The second kappa shape index (κ2) is 8.09. The topological polar surface area (TPSA) is 133 Å². The minimum absolute atomic E-state index is 0.0337. The van der Waals surface area contributed by atoms with Crippen molar-refractivity contribution < 1.29 is 34.4 Å². The van der Waals surface area contributed by atoms with Gasteiger partial charge in [-0.3, -0.25) is 14.4 Å². The van der Waals surface area contributed by atoms with E-state index >= 15 is 0 Å². The predicted octanol–water partition coefficient (Wildman–Crippen LogP) is -0.723. The number of aliphatic hydroxyl groups is 2. The molecule has 8 heteroatoms. The van der Waals surface area contributed by atoms with Crippen molar-refractivity contribution in [1.29, 1.82) is 0 Å². The smallest absolute Gasteiger partial charge is 0.310 e. The molecule has 8 nitrogen and oxygen atoms in total. The van der Waals surface area contributed by atoms with Crippen molar-refractivity contribution in [2.24, 2.45) is 11.8 Å². The van der Waals surface area contributed by atoms with Crippen molar-refractivity contribution in [1.82, 2.24) is 5.32 Å². The van der Waals surface area contributed by atoms with E-state index in [-0.39, 0.29) is 18.9 Å². The minimum Gasteiger partial charge on any atom is -0.481 e. The molecular weight excluding hydrogens is 294 g/mol. The number of ether oxygens (including phenoxy) is 1. The molecule has 0 spiro atoms. The van der Waals surface area contributed by atoms with Gasteiger partial charge in [0.2, 0.25) is 5.91 Å². The molecule has 126 valence electrons. The molecule has 1 rings (SSSR count). The molecular formula is C14H23NO7. The van der Waals surface area contributed by atoms with Gasteiger partial charge in [-0.1, -0.05) is 0 Å². The highest BCUT2D eigenvalue weighted by Crippen LogP contribution is 2.37. The summed E-state index contributed by atoms with van der Waals surface area (Å²) in [5.74, 6) is -3.46. The quantitative estimate of drug-likeness (QED) is 0.455. The lowest BCUT2D eigenvalue weighted by atomic mass is 9.88. The van der Waals surface area contributed by atoms with Crippen molar-refractivity contribution in [3.63, 3.8) is 0 Å². The summed E-state index contributed by atoms with van der Waals surface area (Å²) < 4.78 is 5.14. The molecule has 22 heavy (non-hydrogen) atoms. The van der Waals surface area contributed by atoms with Gasteiger partial charge in [0.25, 0.3) is 0 Å². The van der Waals surface area contributed by atoms with E-state index in [1.807, 2.05) is 0 Å². The molecule has 4 N–H and O–H groups in total. The zero-order valence-corrected chi connectivity index (χ0v) is 12.7. The predicted molar refractivity (Wildman–Crippen MR) is 74.7 cm³/mol. The molecule has 0 unspecified atom stereocenters. The number of esters is 1. The van der Waals surface area contributed by atoms with Gasteiger partial charge in [-0.15, -0.1) is 0 Å². The van der Waals surface area contributed by atoms with Gasteiger partial charge in [-0.05, 0) is 19.3 Å². The molecule has 0 radical (unpaired) electrons. The summed E-state index contributed by atoms with van der Waals surface area (Å²) in [4.78, 5) is 33.9. The van der Waals surface area contributed by atoms with E-state index in [4.69, 9.17) is 9.84 Å². The summed E-state index contributed by atoms with van der Waals surface area (Å²) in [6, 6.07) is -0.779. The maximum Gasteiger partial charge on any atom is 0.310 e. The number of carboxylic acids is 1. The van der Waals surface area contributed by atoms with Crippen LogP contribution in [0.2, 0.25) is 0 Å². The lowest BCUT2D eigenvalue weighted by molar-refractivity contribution is -0.158. The van der Waals surface area contributed by atoms with Gasteiger partial charge in [0.05, 0.1) is 18.1 Å². The monoisotopic (exact) mass is 317 g/mol. The number of rotatable bonds is 7. The largest absolute Gasteiger partial charge is 0.481 e. The van der Waals surface area contributed by atoms with Gasteiger partial charge < -0.3 is 25.4 Å². The van der Waals surface area contributed by atoms with E-state index in [1.165, 1.54) is 13.8 Å². The molecule has 1 saturated carbocycles. The summed E-state index contributed by atoms with van der Waals surface area (Å²) in [6.07, 6.45) is -1.25. The molecule has 1 aliphatic carbocycles. The highest BCUT2D eigenvalue weighted by Gasteiger charge is 2.47. The molecule has 5 atom stereocenters. The molecule has 0 bridgehead atoms. The van der Waals surface area contributed by atoms with Crippen LogP contribution in [0.25, 0.3) is 0 Å². The van der Waals surface area contributed by atoms with Gasteiger partial charge in [0, 0.05) is 26.4 Å². The van der Waals surface area contributed by atoms with Gasteiger partial charge in [0.1, 0.15) is 6.10 Å². The van der Waals surface area contributed by atoms with E-state index in [9.17, 15) is 24.6 Å². The van der Waals surface area contributed by atoms with E-state index in [1.54, 1.807) is 0 Å². The number of carboxylic acid groups (broad SMARTS) is 1. The van der Waals surface area contributed by atoms with Crippen LogP contribution < -0.4 is 5.32 Å². The molecule has 0 aliphatic heterocycles. The first-order valence-corrected chi connectivity index (χ1v) is 7.24. The Labute approximate surface area is 128 Å². The number of nitrogens with one attached hydrogen (secondary N) is 1. The normalized spacial score (nSPS) is 27.0. The highest BCUT2D eigenvalue weighted by molar-refractivity contribution is 5.74. The Morgan fingerprint density at radius 3 is 2.36 bits per heavy atom. The van der Waals surface area contributed by atoms with E-state index in [0.717, 1.165) is 0 Å². The van der Waals surface area contributed by atoms with Crippen molar-refractivity contribution in [3.05, 3.63) is 0 Å². The van der Waals surface area contributed by atoms with Crippen molar-refractivity contribution in [2.75, 3.05) is 6.61 Å². The van der Waals surface area contributed by atoms with Crippen molar-refractivity contribution in [3.8, 4) is 0 Å². The number of hydrogen-bond donors (Lipinski definition) is 4. The summed E-state index contributed by atoms with van der Waals surface area (Å²) in [5, 5.41) is 30.9. The summed E-state index contributed by atoms with van der Waals surface area (Å²) in [5.41, 5.74) is 0. The first-order valence-electron chi connectivity index (χ1n) is 7.24. The van der Waals surface area contributed by atoms with Crippen LogP contribution in [0.3, 0.4) is 0 Å². The first-order chi connectivity index (χ1) is 10.3. The number of carbonyl (C=O) groups is 3. The van der Waals surface area contributed by atoms with Crippen LogP contribution in [0.1, 0.15) is 33.1 Å². The Hall–Kier alpha value is -1.67. The fourth-order valence-electron chi connectivity index (χ4n) is 3.04. The van der Waals surface area contributed by atoms with Crippen LogP contribution in [0.15, 0.2) is 0 Å². The zero-order valence-electron chi connectivity index (χ0n) is 12.7. The summed E-state index contributed by atoms with van der Waals surface area (Å²) >= 11 is 0. The lowest BCUT2D eigenvalue weighted by Gasteiger charge is -2.33. The number of aliphatic hydroxyl groups excluding tert-OH is 2. The average Bonchev–Trinajstić information content (AvgIpc) is 2.78. The SMILES string of the molecule is CC(=O)N[C@@H]([C@H]1CC[C@H](C(=O)O)[C@H]1OC(C)=O)[C@@H](O)CCO. The number of aliphatic carboxylic acids is 1. The Bertz CT molecular complexity index is 425. The maximum absolute atomic E-state index is 11.4. The van der Waals surface area contributed by atoms with Gasteiger partial charge in [-0.25, -0.2) is 0 Å². The van der Waals surface area contributed by atoms with Crippen LogP contribution in [0.4, 0.5) is 0 Å². The van der Waals surface area contributed by atoms with Crippen LogP contribution in [0.5, 0.6) is 0 Å². The van der Waals surface area contributed by atoms with Gasteiger partial charge >= 0.3 is 11.9 Å². The molecule has 0 aromatic carbocycles.